The van der Waals surface area contributed by atoms with Crippen molar-refractivity contribution >= 4 is 0 Å². The fourth-order valence-electron chi connectivity index (χ4n) is 3.32. The molecule has 1 saturated carbocycles. The van der Waals surface area contributed by atoms with E-state index in [0.29, 0.717) is 18.5 Å². The van der Waals surface area contributed by atoms with Gasteiger partial charge in [-0.2, -0.15) is 0 Å². The van der Waals surface area contributed by atoms with Gasteiger partial charge in [-0.05, 0) is 36.1 Å². The Morgan fingerprint density at radius 2 is 1.91 bits per heavy atom. The van der Waals surface area contributed by atoms with Gasteiger partial charge in [-0.25, -0.2) is 4.98 Å². The Hall–Kier alpha value is -2.07. The van der Waals surface area contributed by atoms with Gasteiger partial charge in [-0.15, -0.1) is 0 Å². The summed E-state index contributed by atoms with van der Waals surface area (Å²) < 4.78 is 11.7. The fraction of sp³-hybridized carbons (Fsp3) is 0.421. The molecule has 1 aliphatic heterocycles. The van der Waals surface area contributed by atoms with Crippen molar-refractivity contribution in [3.63, 3.8) is 0 Å². The summed E-state index contributed by atoms with van der Waals surface area (Å²) in [7, 11) is 0. The van der Waals surface area contributed by atoms with E-state index in [4.69, 9.17) is 9.47 Å². The number of nitrogens with zero attached hydrogens (tertiary/aromatic N) is 1. The van der Waals surface area contributed by atoms with Gasteiger partial charge in [0.05, 0.1) is 0 Å². The Bertz CT molecular complexity index is 651. The highest BCUT2D eigenvalue weighted by Gasteiger charge is 2.23. The molecule has 1 aromatic heterocycles. The number of pyridine rings is 1. The smallest absolute Gasteiger partial charge is 0.257 e. The molecule has 0 radical (unpaired) electrons. The highest BCUT2D eigenvalue weighted by atomic mass is 16.6. The van der Waals surface area contributed by atoms with Gasteiger partial charge in [-0.1, -0.05) is 37.1 Å². The summed E-state index contributed by atoms with van der Waals surface area (Å²) in [6.07, 6.45) is 7.00. The number of hydrogen-bond acceptors (Lipinski definition) is 4. The quantitative estimate of drug-likeness (QED) is 0.936. The molecular formula is C19H22N2O2. The lowest BCUT2D eigenvalue weighted by Crippen LogP contribution is -2.25. The van der Waals surface area contributed by atoms with E-state index in [2.05, 4.69) is 34.6 Å². The molecule has 0 spiro atoms. The first kappa shape index (κ1) is 14.5. The minimum Gasteiger partial charge on any atom is -0.484 e. The van der Waals surface area contributed by atoms with Gasteiger partial charge in [0.15, 0.2) is 11.9 Å². The molecule has 1 aliphatic carbocycles. The lowest BCUT2D eigenvalue weighted by Gasteiger charge is -2.25. The molecule has 2 heterocycles. The number of hydrogen-bond donors (Lipinski definition) is 1. The van der Waals surface area contributed by atoms with Crippen LogP contribution < -0.4 is 14.8 Å². The third-order valence-corrected chi connectivity index (χ3v) is 4.68. The summed E-state index contributed by atoms with van der Waals surface area (Å²) in [5.74, 6) is 1.30. The Morgan fingerprint density at radius 3 is 2.74 bits per heavy atom. The first-order chi connectivity index (χ1) is 11.4. The van der Waals surface area contributed by atoms with Crippen molar-refractivity contribution in [2.45, 2.75) is 44.4 Å². The van der Waals surface area contributed by atoms with Crippen LogP contribution in [0, 0.1) is 0 Å². The largest absolute Gasteiger partial charge is 0.484 e. The molecule has 1 atom stereocenters. The molecule has 23 heavy (non-hydrogen) atoms. The zero-order valence-corrected chi connectivity index (χ0v) is 13.2. The Kier molecular flexibility index (Phi) is 4.16. The minimum atomic E-state index is -0.0887. The first-order valence-corrected chi connectivity index (χ1v) is 8.45. The molecule has 1 fully saturated rings. The van der Waals surface area contributed by atoms with Crippen molar-refractivity contribution in [1.29, 1.82) is 0 Å². The summed E-state index contributed by atoms with van der Waals surface area (Å²) >= 11 is 0. The molecule has 1 N–H and O–H groups in total. The maximum absolute atomic E-state index is 5.95. The van der Waals surface area contributed by atoms with Gasteiger partial charge in [-0.3, -0.25) is 0 Å². The van der Waals surface area contributed by atoms with Crippen LogP contribution in [0.4, 0.5) is 0 Å². The van der Waals surface area contributed by atoms with E-state index in [0.717, 1.165) is 17.9 Å². The van der Waals surface area contributed by atoms with E-state index >= 15 is 0 Å². The van der Waals surface area contributed by atoms with E-state index in [9.17, 15) is 0 Å². The molecule has 0 bridgehead atoms. The molecule has 4 rings (SSSR count). The number of fused-ring (bicyclic) bond motifs is 1. The van der Waals surface area contributed by atoms with E-state index in [1.807, 2.05) is 12.1 Å². The molecule has 0 saturated heterocycles. The zero-order valence-electron chi connectivity index (χ0n) is 13.2. The van der Waals surface area contributed by atoms with E-state index in [1.54, 1.807) is 6.20 Å². The van der Waals surface area contributed by atoms with Gasteiger partial charge in [0.1, 0.15) is 6.61 Å². The summed E-state index contributed by atoms with van der Waals surface area (Å²) in [4.78, 5) is 4.23. The van der Waals surface area contributed by atoms with Gasteiger partial charge in [0, 0.05) is 18.8 Å². The fourth-order valence-corrected chi connectivity index (χ4v) is 3.32. The summed E-state index contributed by atoms with van der Waals surface area (Å²) in [6.45, 7) is 1.47. The van der Waals surface area contributed by atoms with Crippen molar-refractivity contribution < 1.29 is 9.47 Å². The van der Waals surface area contributed by atoms with Crippen molar-refractivity contribution in [2.75, 3.05) is 6.61 Å². The van der Waals surface area contributed by atoms with Crippen LogP contribution in [0.15, 0.2) is 42.6 Å². The standard InChI is InChI=1S/C19H22N2O2/c1-2-5-16(4-1)21-12-14-7-9-15(10-8-14)18-13-22-17-6-3-11-20-19(17)23-18/h3,6-11,16,18,21H,1-2,4-5,12-13H2/t18-/m1/s1. The average Bonchev–Trinajstić information content (AvgIpc) is 3.14. The van der Waals surface area contributed by atoms with Crippen LogP contribution in [0.25, 0.3) is 0 Å². The van der Waals surface area contributed by atoms with Crippen LogP contribution in [-0.2, 0) is 6.54 Å². The van der Waals surface area contributed by atoms with Crippen molar-refractivity contribution in [2.24, 2.45) is 0 Å². The molecule has 120 valence electrons. The van der Waals surface area contributed by atoms with E-state index < -0.39 is 0 Å². The van der Waals surface area contributed by atoms with Crippen LogP contribution in [0.2, 0.25) is 0 Å². The zero-order chi connectivity index (χ0) is 15.5. The predicted octanol–water partition coefficient (Wildman–Crippen LogP) is 3.63. The van der Waals surface area contributed by atoms with Gasteiger partial charge in [0.2, 0.25) is 0 Å². The van der Waals surface area contributed by atoms with Crippen molar-refractivity contribution in [1.82, 2.24) is 10.3 Å². The first-order valence-electron chi connectivity index (χ1n) is 8.45. The lowest BCUT2D eigenvalue weighted by atomic mass is 10.1. The van der Waals surface area contributed by atoms with Gasteiger partial charge in [0.25, 0.3) is 5.88 Å². The maximum atomic E-state index is 5.95. The average molecular weight is 310 g/mol. The van der Waals surface area contributed by atoms with Crippen LogP contribution in [0.3, 0.4) is 0 Å². The van der Waals surface area contributed by atoms with Crippen LogP contribution >= 0.6 is 0 Å². The number of rotatable bonds is 4. The highest BCUT2D eigenvalue weighted by molar-refractivity contribution is 5.35. The van der Waals surface area contributed by atoms with Crippen LogP contribution in [0.1, 0.15) is 42.9 Å². The second-order valence-corrected chi connectivity index (χ2v) is 6.33. The predicted molar refractivity (Wildman–Crippen MR) is 88.6 cm³/mol. The molecule has 4 nitrogen and oxygen atoms in total. The Balaban J connectivity index is 1.38. The van der Waals surface area contributed by atoms with E-state index in [-0.39, 0.29) is 6.10 Å². The lowest BCUT2D eigenvalue weighted by molar-refractivity contribution is 0.0851. The molecule has 0 unspecified atom stereocenters. The molecular weight excluding hydrogens is 288 g/mol. The summed E-state index contributed by atoms with van der Waals surface area (Å²) in [5.41, 5.74) is 2.45. The van der Waals surface area contributed by atoms with Crippen LogP contribution in [-0.4, -0.2) is 17.6 Å². The highest BCUT2D eigenvalue weighted by Crippen LogP contribution is 2.33. The number of aromatic nitrogens is 1. The van der Waals surface area contributed by atoms with Crippen molar-refractivity contribution in [3.05, 3.63) is 53.7 Å². The Morgan fingerprint density at radius 1 is 1.09 bits per heavy atom. The summed E-state index contributed by atoms with van der Waals surface area (Å²) in [6, 6.07) is 13.1. The Labute approximate surface area is 136 Å². The molecule has 2 aromatic rings. The second-order valence-electron chi connectivity index (χ2n) is 6.33. The molecule has 2 aliphatic rings. The minimum absolute atomic E-state index is 0.0887. The third kappa shape index (κ3) is 3.32. The normalized spacial score (nSPS) is 20.6. The topological polar surface area (TPSA) is 43.4 Å². The van der Waals surface area contributed by atoms with Crippen LogP contribution in [0.5, 0.6) is 11.6 Å². The molecule has 1 aromatic carbocycles. The molecule has 4 heteroatoms. The second kappa shape index (κ2) is 6.59. The number of nitrogens with one attached hydrogen (secondary N) is 1. The number of ether oxygens (including phenoxy) is 2. The maximum Gasteiger partial charge on any atom is 0.257 e. The number of benzene rings is 1. The van der Waals surface area contributed by atoms with Gasteiger partial charge < -0.3 is 14.8 Å². The van der Waals surface area contributed by atoms with Crippen molar-refractivity contribution in [3.8, 4) is 11.6 Å². The third-order valence-electron chi connectivity index (χ3n) is 4.68. The summed E-state index contributed by atoms with van der Waals surface area (Å²) in [5, 5.41) is 3.64. The van der Waals surface area contributed by atoms with E-state index in [1.165, 1.54) is 31.2 Å². The van der Waals surface area contributed by atoms with Gasteiger partial charge >= 0.3 is 0 Å². The monoisotopic (exact) mass is 310 g/mol. The molecule has 0 amide bonds. The SMILES string of the molecule is c1cnc2c(c1)OC[C@H](c1ccc(CNC3CCCC3)cc1)O2.